The van der Waals surface area contributed by atoms with Gasteiger partial charge in [-0.2, -0.15) is 0 Å². The SMILES string of the molecule is CCOc1ccccc1NC(=O)N1CCC2(CC1)SCCN2C(=O)c1ccccc1Cl. The highest BCUT2D eigenvalue weighted by Gasteiger charge is 2.47. The van der Waals surface area contributed by atoms with Crippen molar-refractivity contribution in [1.29, 1.82) is 0 Å². The standard InChI is InChI=1S/C23H26ClN3O3S/c1-2-30-20-10-6-5-9-19(20)25-22(29)26-13-11-23(12-14-26)27(15-16-31-23)21(28)17-7-3-4-8-18(17)24/h3-10H,2,11-16H2,1H3,(H,25,29). The minimum atomic E-state index is -0.281. The topological polar surface area (TPSA) is 61.9 Å². The molecule has 2 heterocycles. The smallest absolute Gasteiger partial charge is 0.321 e. The van der Waals surface area contributed by atoms with E-state index < -0.39 is 0 Å². The zero-order valence-corrected chi connectivity index (χ0v) is 19.0. The van der Waals surface area contributed by atoms with Crippen LogP contribution in [0.25, 0.3) is 0 Å². The lowest BCUT2D eigenvalue weighted by atomic mass is 10.0. The van der Waals surface area contributed by atoms with Crippen LogP contribution in [-0.4, -0.2) is 58.6 Å². The maximum absolute atomic E-state index is 13.2. The van der Waals surface area contributed by atoms with Gasteiger partial charge in [0.2, 0.25) is 0 Å². The molecule has 1 N–H and O–H groups in total. The molecule has 2 aromatic rings. The van der Waals surface area contributed by atoms with E-state index in [2.05, 4.69) is 5.32 Å². The Balaban J connectivity index is 1.42. The number of halogens is 1. The number of carbonyl (C=O) groups excluding carboxylic acids is 2. The van der Waals surface area contributed by atoms with Crippen molar-refractivity contribution in [2.45, 2.75) is 24.6 Å². The molecule has 8 heteroatoms. The van der Waals surface area contributed by atoms with Crippen molar-refractivity contribution >= 4 is 41.0 Å². The Hall–Kier alpha value is -2.38. The van der Waals surface area contributed by atoms with Crippen LogP contribution in [0.4, 0.5) is 10.5 Å². The first-order valence-electron chi connectivity index (χ1n) is 10.5. The van der Waals surface area contributed by atoms with Gasteiger partial charge in [-0.05, 0) is 44.0 Å². The maximum atomic E-state index is 13.2. The average Bonchev–Trinajstić information content (AvgIpc) is 3.18. The third-order valence-electron chi connectivity index (χ3n) is 5.79. The van der Waals surface area contributed by atoms with Gasteiger partial charge in [-0.3, -0.25) is 4.79 Å². The molecule has 2 saturated heterocycles. The number of carbonyl (C=O) groups is 2. The van der Waals surface area contributed by atoms with E-state index in [-0.39, 0.29) is 16.8 Å². The van der Waals surface area contributed by atoms with Gasteiger partial charge in [0, 0.05) is 25.4 Å². The Bertz CT molecular complexity index is 963. The molecule has 2 aliphatic heterocycles. The Labute approximate surface area is 191 Å². The van der Waals surface area contributed by atoms with Gasteiger partial charge in [0.25, 0.3) is 5.91 Å². The molecule has 2 aliphatic rings. The predicted molar refractivity (Wildman–Crippen MR) is 125 cm³/mol. The zero-order valence-electron chi connectivity index (χ0n) is 17.5. The number of thioether (sulfide) groups is 1. The number of ether oxygens (including phenoxy) is 1. The van der Waals surface area contributed by atoms with Crippen LogP contribution in [0.5, 0.6) is 5.75 Å². The van der Waals surface area contributed by atoms with Crippen LogP contribution in [0, 0.1) is 0 Å². The quantitative estimate of drug-likeness (QED) is 0.702. The van der Waals surface area contributed by atoms with Crippen LogP contribution >= 0.6 is 23.4 Å². The molecule has 0 unspecified atom stereocenters. The van der Waals surface area contributed by atoms with Gasteiger partial charge in [0.1, 0.15) is 5.75 Å². The van der Waals surface area contributed by atoms with E-state index in [0.29, 0.717) is 48.3 Å². The largest absolute Gasteiger partial charge is 0.492 e. The van der Waals surface area contributed by atoms with Crippen LogP contribution in [-0.2, 0) is 0 Å². The van der Waals surface area contributed by atoms with Gasteiger partial charge in [0.15, 0.2) is 0 Å². The van der Waals surface area contributed by atoms with E-state index >= 15 is 0 Å². The molecule has 31 heavy (non-hydrogen) atoms. The summed E-state index contributed by atoms with van der Waals surface area (Å²) in [6.07, 6.45) is 1.46. The van der Waals surface area contributed by atoms with Crippen molar-refractivity contribution in [2.75, 3.05) is 37.3 Å². The molecule has 0 saturated carbocycles. The summed E-state index contributed by atoms with van der Waals surface area (Å²) in [4.78, 5) is 29.6. The maximum Gasteiger partial charge on any atom is 0.321 e. The van der Waals surface area contributed by atoms with Gasteiger partial charge >= 0.3 is 6.03 Å². The Morgan fingerprint density at radius 2 is 1.81 bits per heavy atom. The minimum Gasteiger partial charge on any atom is -0.492 e. The van der Waals surface area contributed by atoms with E-state index in [4.69, 9.17) is 16.3 Å². The molecule has 0 atom stereocenters. The summed E-state index contributed by atoms with van der Waals surface area (Å²) >= 11 is 8.09. The second-order valence-electron chi connectivity index (χ2n) is 7.58. The molecular weight excluding hydrogens is 434 g/mol. The summed E-state index contributed by atoms with van der Waals surface area (Å²) in [6, 6.07) is 14.5. The number of hydrogen-bond donors (Lipinski definition) is 1. The van der Waals surface area contributed by atoms with Crippen LogP contribution in [0.1, 0.15) is 30.1 Å². The fourth-order valence-corrected chi connectivity index (χ4v) is 5.87. The number of para-hydroxylation sites is 2. The number of piperidine rings is 1. The van der Waals surface area contributed by atoms with Crippen LogP contribution in [0.2, 0.25) is 5.02 Å². The molecule has 4 rings (SSSR count). The van der Waals surface area contributed by atoms with Gasteiger partial charge in [-0.1, -0.05) is 35.9 Å². The van der Waals surface area contributed by atoms with Gasteiger partial charge in [-0.15, -0.1) is 11.8 Å². The molecule has 2 aromatic carbocycles. The normalized spacial score (nSPS) is 17.6. The second kappa shape index (κ2) is 9.40. The third kappa shape index (κ3) is 4.48. The summed E-state index contributed by atoms with van der Waals surface area (Å²) < 4.78 is 5.60. The molecule has 0 aliphatic carbocycles. The number of urea groups is 1. The first kappa shape index (κ1) is 21.8. The van der Waals surface area contributed by atoms with Crippen molar-refractivity contribution in [2.24, 2.45) is 0 Å². The summed E-state index contributed by atoms with van der Waals surface area (Å²) in [6.45, 7) is 4.32. The lowest BCUT2D eigenvalue weighted by Gasteiger charge is -2.44. The fraction of sp³-hybridized carbons (Fsp3) is 0.391. The molecule has 0 radical (unpaired) electrons. The lowest BCUT2D eigenvalue weighted by Crippen LogP contribution is -2.54. The number of amides is 3. The van der Waals surface area contributed by atoms with E-state index in [1.165, 1.54) is 0 Å². The molecule has 0 aromatic heterocycles. The first-order chi connectivity index (χ1) is 15.0. The lowest BCUT2D eigenvalue weighted by molar-refractivity contribution is 0.0586. The molecule has 164 valence electrons. The number of hydrogen-bond acceptors (Lipinski definition) is 4. The highest BCUT2D eigenvalue weighted by atomic mass is 35.5. The van der Waals surface area contributed by atoms with Crippen LogP contribution in [0.3, 0.4) is 0 Å². The summed E-state index contributed by atoms with van der Waals surface area (Å²) in [5, 5.41) is 3.44. The Morgan fingerprint density at radius 3 is 2.55 bits per heavy atom. The van der Waals surface area contributed by atoms with Gasteiger partial charge in [0.05, 0.1) is 27.8 Å². The van der Waals surface area contributed by atoms with Crippen LogP contribution in [0.15, 0.2) is 48.5 Å². The Morgan fingerprint density at radius 1 is 1.10 bits per heavy atom. The second-order valence-corrected chi connectivity index (χ2v) is 9.44. The number of anilines is 1. The minimum absolute atomic E-state index is 0.0286. The predicted octanol–water partition coefficient (Wildman–Crippen LogP) is 4.95. The summed E-state index contributed by atoms with van der Waals surface area (Å²) in [7, 11) is 0. The number of rotatable bonds is 4. The number of likely N-dealkylation sites (tertiary alicyclic amines) is 1. The highest BCUT2D eigenvalue weighted by Crippen LogP contribution is 2.45. The van der Waals surface area contributed by atoms with E-state index in [0.717, 1.165) is 18.6 Å². The number of nitrogens with one attached hydrogen (secondary N) is 1. The summed E-state index contributed by atoms with van der Waals surface area (Å²) in [5.74, 6) is 1.53. The van der Waals surface area contributed by atoms with Gasteiger partial charge in [-0.25, -0.2) is 4.79 Å². The first-order valence-corrected chi connectivity index (χ1v) is 11.9. The molecule has 2 fully saturated rings. The third-order valence-corrected chi connectivity index (χ3v) is 7.67. The number of benzene rings is 2. The molecule has 3 amide bonds. The van der Waals surface area contributed by atoms with Crippen molar-refractivity contribution in [1.82, 2.24) is 9.80 Å². The van der Waals surface area contributed by atoms with Crippen molar-refractivity contribution in [3.63, 3.8) is 0 Å². The van der Waals surface area contributed by atoms with E-state index in [9.17, 15) is 9.59 Å². The Kier molecular flexibility index (Phi) is 6.62. The van der Waals surface area contributed by atoms with Crippen molar-refractivity contribution in [3.05, 3.63) is 59.1 Å². The molecule has 1 spiro atoms. The monoisotopic (exact) mass is 459 g/mol. The van der Waals surface area contributed by atoms with Crippen molar-refractivity contribution < 1.29 is 14.3 Å². The summed E-state index contributed by atoms with van der Waals surface area (Å²) in [5.41, 5.74) is 1.21. The number of nitrogens with zero attached hydrogens (tertiary/aromatic N) is 2. The highest BCUT2D eigenvalue weighted by molar-refractivity contribution is 8.00. The van der Waals surface area contributed by atoms with Gasteiger partial charge < -0.3 is 19.9 Å². The average molecular weight is 460 g/mol. The van der Waals surface area contributed by atoms with Crippen LogP contribution < -0.4 is 10.1 Å². The molecule has 6 nitrogen and oxygen atoms in total. The fourth-order valence-electron chi connectivity index (χ4n) is 4.19. The zero-order chi connectivity index (χ0) is 21.8. The molecule has 0 bridgehead atoms. The van der Waals surface area contributed by atoms with Crippen molar-refractivity contribution in [3.8, 4) is 5.75 Å². The molecular formula is C23H26ClN3O3S. The van der Waals surface area contributed by atoms with E-state index in [1.807, 2.05) is 64.9 Å². The van der Waals surface area contributed by atoms with E-state index in [1.54, 1.807) is 12.1 Å².